The van der Waals surface area contributed by atoms with Crippen LogP contribution in [0, 0.1) is 18.6 Å². The highest BCUT2D eigenvalue weighted by atomic mass is 79.9. The van der Waals surface area contributed by atoms with Crippen molar-refractivity contribution in [2.75, 3.05) is 11.1 Å². The summed E-state index contributed by atoms with van der Waals surface area (Å²) in [5.41, 5.74) is 5.81. The van der Waals surface area contributed by atoms with Gasteiger partial charge in [0.15, 0.2) is 0 Å². The summed E-state index contributed by atoms with van der Waals surface area (Å²) in [6.07, 6.45) is 0. The molecule has 0 aromatic heterocycles. The van der Waals surface area contributed by atoms with Crippen molar-refractivity contribution in [2.45, 2.75) is 6.92 Å². The number of anilines is 2. The minimum Gasteiger partial charge on any atom is -0.394 e. The van der Waals surface area contributed by atoms with Crippen LogP contribution in [0.5, 0.6) is 0 Å². The van der Waals surface area contributed by atoms with E-state index in [4.69, 9.17) is 5.73 Å². The Bertz CT molecular complexity index is 666. The van der Waals surface area contributed by atoms with Crippen LogP contribution >= 0.6 is 15.9 Å². The molecule has 104 valence electrons. The van der Waals surface area contributed by atoms with Gasteiger partial charge in [-0.15, -0.1) is 0 Å². The van der Waals surface area contributed by atoms with Crippen LogP contribution in [0.3, 0.4) is 0 Å². The highest BCUT2D eigenvalue weighted by molar-refractivity contribution is 9.10. The van der Waals surface area contributed by atoms with E-state index >= 15 is 0 Å². The molecule has 2 aromatic rings. The summed E-state index contributed by atoms with van der Waals surface area (Å²) in [4.78, 5) is 12.0. The first-order valence-electron chi connectivity index (χ1n) is 5.71. The highest BCUT2D eigenvalue weighted by Crippen LogP contribution is 2.24. The van der Waals surface area contributed by atoms with Crippen LogP contribution in [0.4, 0.5) is 20.2 Å². The number of nitrogens with two attached hydrogens (primary N) is 1. The summed E-state index contributed by atoms with van der Waals surface area (Å²) in [6, 6.07) is 7.08. The molecule has 0 heterocycles. The maximum Gasteiger partial charge on any atom is 0.255 e. The third-order valence-electron chi connectivity index (χ3n) is 2.86. The zero-order valence-electron chi connectivity index (χ0n) is 10.5. The Labute approximate surface area is 122 Å². The molecule has 1 amide bonds. The SMILES string of the molecule is Cc1c(Br)cccc1NC(=O)c1cc(F)c(N)c(F)c1. The Morgan fingerprint density at radius 3 is 2.45 bits per heavy atom. The fourth-order valence-electron chi connectivity index (χ4n) is 1.65. The molecule has 6 heteroatoms. The molecule has 0 aliphatic heterocycles. The minimum atomic E-state index is -0.957. The van der Waals surface area contributed by atoms with Crippen molar-refractivity contribution in [3.63, 3.8) is 0 Å². The molecule has 3 nitrogen and oxygen atoms in total. The van der Waals surface area contributed by atoms with Crippen LogP contribution in [0.2, 0.25) is 0 Å². The van der Waals surface area contributed by atoms with E-state index < -0.39 is 23.2 Å². The summed E-state index contributed by atoms with van der Waals surface area (Å²) in [7, 11) is 0. The number of amides is 1. The quantitative estimate of drug-likeness (QED) is 0.815. The van der Waals surface area contributed by atoms with E-state index in [-0.39, 0.29) is 5.56 Å². The molecule has 0 bridgehead atoms. The fraction of sp³-hybridized carbons (Fsp3) is 0.0714. The van der Waals surface area contributed by atoms with Crippen LogP contribution in [-0.4, -0.2) is 5.91 Å². The Hall–Kier alpha value is -1.95. The molecular weight excluding hydrogens is 330 g/mol. The van der Waals surface area contributed by atoms with E-state index in [0.717, 1.165) is 22.2 Å². The Kier molecular flexibility index (Phi) is 4.04. The van der Waals surface area contributed by atoms with Crippen molar-refractivity contribution in [3.8, 4) is 0 Å². The van der Waals surface area contributed by atoms with Gasteiger partial charge in [-0.2, -0.15) is 0 Å². The molecule has 0 saturated carbocycles. The van der Waals surface area contributed by atoms with Crippen molar-refractivity contribution >= 4 is 33.2 Å². The fourth-order valence-corrected chi connectivity index (χ4v) is 2.02. The van der Waals surface area contributed by atoms with Crippen molar-refractivity contribution < 1.29 is 13.6 Å². The smallest absolute Gasteiger partial charge is 0.255 e. The number of halogens is 3. The van der Waals surface area contributed by atoms with E-state index in [2.05, 4.69) is 21.2 Å². The molecular formula is C14H11BrF2N2O. The Morgan fingerprint density at radius 2 is 1.85 bits per heavy atom. The molecule has 3 N–H and O–H groups in total. The average Bonchev–Trinajstić information content (AvgIpc) is 2.40. The third-order valence-corrected chi connectivity index (χ3v) is 3.72. The van der Waals surface area contributed by atoms with Gasteiger partial charge >= 0.3 is 0 Å². The minimum absolute atomic E-state index is 0.131. The second kappa shape index (κ2) is 5.58. The lowest BCUT2D eigenvalue weighted by molar-refractivity contribution is 0.102. The molecule has 0 fully saturated rings. The van der Waals surface area contributed by atoms with E-state index in [9.17, 15) is 13.6 Å². The zero-order chi connectivity index (χ0) is 14.9. The largest absolute Gasteiger partial charge is 0.394 e. The summed E-state index contributed by atoms with van der Waals surface area (Å²) >= 11 is 3.34. The van der Waals surface area contributed by atoms with Gasteiger partial charge in [-0.25, -0.2) is 8.78 Å². The van der Waals surface area contributed by atoms with Gasteiger partial charge in [0.2, 0.25) is 0 Å². The van der Waals surface area contributed by atoms with Gasteiger partial charge in [0.25, 0.3) is 5.91 Å². The Morgan fingerprint density at radius 1 is 1.25 bits per heavy atom. The van der Waals surface area contributed by atoms with Gasteiger partial charge in [0, 0.05) is 15.7 Å². The first kappa shape index (κ1) is 14.5. The van der Waals surface area contributed by atoms with Crippen LogP contribution in [0.15, 0.2) is 34.8 Å². The van der Waals surface area contributed by atoms with Crippen molar-refractivity contribution in [2.24, 2.45) is 0 Å². The second-order valence-corrected chi connectivity index (χ2v) is 5.07. The number of carbonyl (C=O) groups excluding carboxylic acids is 1. The first-order valence-corrected chi connectivity index (χ1v) is 6.50. The van der Waals surface area contributed by atoms with Crippen molar-refractivity contribution in [1.29, 1.82) is 0 Å². The predicted octanol–water partition coefficient (Wildman–Crippen LogP) is 3.87. The standard InChI is InChI=1S/C14H11BrF2N2O/c1-7-9(15)3-2-4-12(7)19-14(20)8-5-10(16)13(18)11(17)6-8/h2-6H,18H2,1H3,(H,19,20). The predicted molar refractivity (Wildman–Crippen MR) is 77.6 cm³/mol. The summed E-state index contributed by atoms with van der Waals surface area (Å²) < 4.78 is 27.5. The average molecular weight is 341 g/mol. The number of hydrogen-bond donors (Lipinski definition) is 2. The molecule has 2 rings (SSSR count). The van der Waals surface area contributed by atoms with Crippen LogP contribution in [0.25, 0.3) is 0 Å². The summed E-state index contributed by atoms with van der Waals surface area (Å²) in [5, 5.41) is 2.60. The molecule has 20 heavy (non-hydrogen) atoms. The lowest BCUT2D eigenvalue weighted by Crippen LogP contribution is -2.14. The maximum absolute atomic E-state index is 13.3. The summed E-state index contributed by atoms with van der Waals surface area (Å²) in [6.45, 7) is 1.81. The number of hydrogen-bond acceptors (Lipinski definition) is 2. The van der Waals surface area contributed by atoms with Crippen LogP contribution in [0.1, 0.15) is 15.9 Å². The normalized spacial score (nSPS) is 10.4. The molecule has 0 radical (unpaired) electrons. The van der Waals surface area contributed by atoms with E-state index in [0.29, 0.717) is 5.69 Å². The molecule has 0 saturated heterocycles. The van der Waals surface area contributed by atoms with Gasteiger partial charge in [0.05, 0.1) is 0 Å². The number of nitrogen functional groups attached to an aromatic ring is 1. The number of rotatable bonds is 2. The topological polar surface area (TPSA) is 55.1 Å². The van der Waals surface area contributed by atoms with Crippen molar-refractivity contribution in [3.05, 3.63) is 57.6 Å². The van der Waals surface area contributed by atoms with E-state index in [1.807, 2.05) is 13.0 Å². The highest BCUT2D eigenvalue weighted by Gasteiger charge is 2.14. The third kappa shape index (κ3) is 2.80. The van der Waals surface area contributed by atoms with Crippen molar-refractivity contribution in [1.82, 2.24) is 0 Å². The molecule has 2 aromatic carbocycles. The van der Waals surface area contributed by atoms with Gasteiger partial charge in [-0.05, 0) is 36.8 Å². The van der Waals surface area contributed by atoms with Gasteiger partial charge < -0.3 is 11.1 Å². The van der Waals surface area contributed by atoms with E-state index in [1.165, 1.54) is 0 Å². The van der Waals surface area contributed by atoms with Gasteiger partial charge in [-0.1, -0.05) is 22.0 Å². The van der Waals surface area contributed by atoms with E-state index in [1.54, 1.807) is 12.1 Å². The first-order chi connectivity index (χ1) is 9.40. The summed E-state index contributed by atoms with van der Waals surface area (Å²) in [5.74, 6) is -2.52. The lowest BCUT2D eigenvalue weighted by Gasteiger charge is -2.10. The monoisotopic (exact) mass is 340 g/mol. The molecule has 0 aliphatic rings. The molecule has 0 atom stereocenters. The van der Waals surface area contributed by atoms with Gasteiger partial charge in [-0.3, -0.25) is 4.79 Å². The molecule has 0 spiro atoms. The lowest BCUT2D eigenvalue weighted by atomic mass is 10.1. The maximum atomic E-state index is 13.3. The van der Waals surface area contributed by atoms with Crippen LogP contribution < -0.4 is 11.1 Å². The zero-order valence-corrected chi connectivity index (χ0v) is 12.1. The number of nitrogens with one attached hydrogen (secondary N) is 1. The van der Waals surface area contributed by atoms with Crippen LogP contribution in [-0.2, 0) is 0 Å². The Balaban J connectivity index is 2.31. The second-order valence-electron chi connectivity index (χ2n) is 4.22. The molecule has 0 aliphatic carbocycles. The number of benzene rings is 2. The van der Waals surface area contributed by atoms with Gasteiger partial charge in [0.1, 0.15) is 17.3 Å². The molecule has 0 unspecified atom stereocenters. The number of carbonyl (C=O) groups is 1.